The number of thiazole rings is 1. The van der Waals surface area contributed by atoms with Crippen LogP contribution in [-0.4, -0.2) is 41.0 Å². The maximum atomic E-state index is 12.0. The molecule has 4 nitrogen and oxygen atoms in total. The highest BCUT2D eigenvalue weighted by atomic mass is 35.5. The predicted molar refractivity (Wildman–Crippen MR) is 67.3 cm³/mol. The van der Waals surface area contributed by atoms with Crippen molar-refractivity contribution in [3.63, 3.8) is 0 Å². The van der Waals surface area contributed by atoms with Gasteiger partial charge in [0.15, 0.2) is 0 Å². The predicted octanol–water partition coefficient (Wildman–Crippen LogP) is 1.39. The van der Waals surface area contributed by atoms with Crippen LogP contribution in [0.1, 0.15) is 24.3 Å². The third-order valence-corrected chi connectivity index (χ3v) is 3.10. The molecule has 0 bridgehead atoms. The Bertz CT molecular complexity index is 353. The van der Waals surface area contributed by atoms with Gasteiger partial charge in [0.25, 0.3) is 5.91 Å². The first-order valence-corrected chi connectivity index (χ1v) is 5.95. The Labute approximate surface area is 105 Å². The number of amides is 1. The number of rotatable bonds is 1. The van der Waals surface area contributed by atoms with Crippen LogP contribution in [0.15, 0.2) is 10.9 Å². The molecular weight excluding hydrogens is 246 g/mol. The van der Waals surface area contributed by atoms with Gasteiger partial charge in [0.1, 0.15) is 5.69 Å². The number of halogens is 1. The fourth-order valence-corrected chi connectivity index (χ4v) is 2.32. The van der Waals surface area contributed by atoms with Gasteiger partial charge in [-0.2, -0.15) is 0 Å². The van der Waals surface area contributed by atoms with Gasteiger partial charge in [0, 0.05) is 30.6 Å². The molecule has 6 heteroatoms. The highest BCUT2D eigenvalue weighted by Gasteiger charge is 2.29. The van der Waals surface area contributed by atoms with E-state index < -0.39 is 0 Å². The minimum atomic E-state index is 0. The van der Waals surface area contributed by atoms with Crippen molar-refractivity contribution in [1.29, 1.82) is 0 Å². The number of hydrogen-bond donors (Lipinski definition) is 1. The zero-order valence-electron chi connectivity index (χ0n) is 9.40. The number of carbonyl (C=O) groups excluding carboxylic acids is 1. The monoisotopic (exact) mass is 261 g/mol. The van der Waals surface area contributed by atoms with E-state index in [1.807, 2.05) is 4.90 Å². The molecule has 1 N–H and O–H groups in total. The number of nitrogens with one attached hydrogen (secondary N) is 1. The standard InChI is InChI=1S/C10H15N3OS.ClH/c1-10(2)6-13(4-3-12-10)9(14)8-5-15-7-11-8;/h5,7,12H,3-4,6H2,1-2H3;1H. The Morgan fingerprint density at radius 2 is 2.38 bits per heavy atom. The average molecular weight is 262 g/mol. The Morgan fingerprint density at radius 3 is 2.94 bits per heavy atom. The minimum Gasteiger partial charge on any atom is -0.334 e. The van der Waals surface area contributed by atoms with E-state index in [1.54, 1.807) is 10.9 Å². The van der Waals surface area contributed by atoms with Gasteiger partial charge in [0.05, 0.1) is 5.51 Å². The van der Waals surface area contributed by atoms with Crippen molar-refractivity contribution in [3.8, 4) is 0 Å². The van der Waals surface area contributed by atoms with Crippen molar-refractivity contribution in [2.24, 2.45) is 0 Å². The third-order valence-electron chi connectivity index (χ3n) is 2.51. The molecule has 16 heavy (non-hydrogen) atoms. The number of carbonyl (C=O) groups is 1. The maximum Gasteiger partial charge on any atom is 0.273 e. The van der Waals surface area contributed by atoms with Crippen molar-refractivity contribution in [1.82, 2.24) is 15.2 Å². The van der Waals surface area contributed by atoms with E-state index in [2.05, 4.69) is 24.1 Å². The molecule has 0 radical (unpaired) electrons. The molecule has 1 aromatic heterocycles. The van der Waals surface area contributed by atoms with Crippen molar-refractivity contribution < 1.29 is 4.79 Å². The lowest BCUT2D eigenvalue weighted by molar-refractivity contribution is 0.0647. The van der Waals surface area contributed by atoms with E-state index in [0.717, 1.165) is 19.6 Å². The highest BCUT2D eigenvalue weighted by molar-refractivity contribution is 7.07. The molecule has 1 aliphatic heterocycles. The number of aromatic nitrogens is 1. The van der Waals surface area contributed by atoms with Crippen molar-refractivity contribution >= 4 is 29.7 Å². The zero-order chi connectivity index (χ0) is 10.9. The van der Waals surface area contributed by atoms with Gasteiger partial charge in [-0.1, -0.05) is 0 Å². The van der Waals surface area contributed by atoms with Gasteiger partial charge >= 0.3 is 0 Å². The molecule has 1 amide bonds. The third kappa shape index (κ3) is 2.93. The van der Waals surface area contributed by atoms with Gasteiger partial charge in [-0.3, -0.25) is 4.79 Å². The van der Waals surface area contributed by atoms with E-state index in [0.29, 0.717) is 5.69 Å². The van der Waals surface area contributed by atoms with Crippen LogP contribution in [-0.2, 0) is 0 Å². The van der Waals surface area contributed by atoms with E-state index in [4.69, 9.17) is 0 Å². The summed E-state index contributed by atoms with van der Waals surface area (Å²) in [6.07, 6.45) is 0. The fourth-order valence-electron chi connectivity index (χ4n) is 1.79. The average Bonchev–Trinajstić information content (AvgIpc) is 2.67. The summed E-state index contributed by atoms with van der Waals surface area (Å²) < 4.78 is 0. The van der Waals surface area contributed by atoms with Crippen LogP contribution in [0, 0.1) is 0 Å². The summed E-state index contributed by atoms with van der Waals surface area (Å²) in [6, 6.07) is 0. The molecule has 0 aromatic carbocycles. The van der Waals surface area contributed by atoms with Crippen LogP contribution < -0.4 is 5.32 Å². The number of nitrogens with zero attached hydrogens (tertiary/aromatic N) is 2. The summed E-state index contributed by atoms with van der Waals surface area (Å²) in [4.78, 5) is 17.9. The molecule has 1 saturated heterocycles. The largest absolute Gasteiger partial charge is 0.334 e. The molecule has 1 fully saturated rings. The summed E-state index contributed by atoms with van der Waals surface area (Å²) in [6.45, 7) is 6.56. The van der Waals surface area contributed by atoms with Crippen LogP contribution in [0.3, 0.4) is 0 Å². The lowest BCUT2D eigenvalue weighted by Crippen LogP contribution is -2.58. The summed E-state index contributed by atoms with van der Waals surface area (Å²) in [5.74, 6) is 0.0471. The topological polar surface area (TPSA) is 45.2 Å². The molecule has 1 aliphatic rings. The minimum absolute atomic E-state index is 0. The van der Waals surface area contributed by atoms with E-state index in [1.165, 1.54) is 11.3 Å². The first-order chi connectivity index (χ1) is 7.08. The Kier molecular flexibility index (Phi) is 4.29. The van der Waals surface area contributed by atoms with Crippen LogP contribution in [0.5, 0.6) is 0 Å². The fraction of sp³-hybridized carbons (Fsp3) is 0.600. The second-order valence-electron chi connectivity index (χ2n) is 4.41. The normalized spacial score (nSPS) is 19.0. The first kappa shape index (κ1) is 13.4. The van der Waals surface area contributed by atoms with Gasteiger partial charge < -0.3 is 10.2 Å². The van der Waals surface area contributed by atoms with Crippen molar-refractivity contribution in [3.05, 3.63) is 16.6 Å². The summed E-state index contributed by atoms with van der Waals surface area (Å²) >= 11 is 1.46. The van der Waals surface area contributed by atoms with Crippen LogP contribution >= 0.6 is 23.7 Å². The molecule has 2 heterocycles. The lowest BCUT2D eigenvalue weighted by atomic mass is 10.0. The maximum absolute atomic E-state index is 12.0. The van der Waals surface area contributed by atoms with E-state index in [9.17, 15) is 4.79 Å². The van der Waals surface area contributed by atoms with Crippen molar-refractivity contribution in [2.45, 2.75) is 19.4 Å². The highest BCUT2D eigenvalue weighted by Crippen LogP contribution is 2.13. The van der Waals surface area contributed by atoms with E-state index in [-0.39, 0.29) is 23.9 Å². The molecule has 0 atom stereocenters. The van der Waals surface area contributed by atoms with Gasteiger partial charge in [-0.05, 0) is 13.8 Å². The molecular formula is C10H16ClN3OS. The summed E-state index contributed by atoms with van der Waals surface area (Å²) in [7, 11) is 0. The van der Waals surface area contributed by atoms with Crippen LogP contribution in [0.25, 0.3) is 0 Å². The summed E-state index contributed by atoms with van der Waals surface area (Å²) in [5, 5.41) is 5.18. The molecule has 2 rings (SSSR count). The second-order valence-corrected chi connectivity index (χ2v) is 5.13. The quantitative estimate of drug-likeness (QED) is 0.831. The Balaban J connectivity index is 0.00000128. The molecule has 0 spiro atoms. The number of hydrogen-bond acceptors (Lipinski definition) is 4. The SMILES string of the molecule is CC1(C)CN(C(=O)c2cscn2)CCN1.Cl. The van der Waals surface area contributed by atoms with Crippen LogP contribution in [0.4, 0.5) is 0 Å². The molecule has 0 saturated carbocycles. The molecule has 1 aromatic rings. The van der Waals surface area contributed by atoms with Gasteiger partial charge in [-0.25, -0.2) is 4.98 Å². The molecule has 0 aliphatic carbocycles. The van der Waals surface area contributed by atoms with Crippen LogP contribution in [0.2, 0.25) is 0 Å². The van der Waals surface area contributed by atoms with Gasteiger partial charge in [-0.15, -0.1) is 23.7 Å². The zero-order valence-corrected chi connectivity index (χ0v) is 11.0. The molecule has 0 unspecified atom stereocenters. The first-order valence-electron chi connectivity index (χ1n) is 5.01. The molecule has 90 valence electrons. The van der Waals surface area contributed by atoms with Crippen molar-refractivity contribution in [2.75, 3.05) is 19.6 Å². The Morgan fingerprint density at radius 1 is 1.62 bits per heavy atom. The van der Waals surface area contributed by atoms with E-state index >= 15 is 0 Å². The van der Waals surface area contributed by atoms with Gasteiger partial charge in [0.2, 0.25) is 0 Å². The number of piperazine rings is 1. The summed E-state index contributed by atoms with van der Waals surface area (Å²) in [5.41, 5.74) is 2.27. The lowest BCUT2D eigenvalue weighted by Gasteiger charge is -2.38. The smallest absolute Gasteiger partial charge is 0.273 e. The second kappa shape index (κ2) is 5.12. The Hall–Kier alpha value is -0.650.